The largest absolute Gasteiger partial charge is 0.457 e. The van der Waals surface area contributed by atoms with Gasteiger partial charge in [-0.25, -0.2) is 4.98 Å². The van der Waals surface area contributed by atoms with Crippen LogP contribution in [0.3, 0.4) is 0 Å². The lowest BCUT2D eigenvalue weighted by Crippen LogP contribution is -2.32. The highest BCUT2D eigenvalue weighted by atomic mass is 16.5. The normalized spacial score (nSPS) is 11.9. The van der Waals surface area contributed by atoms with Crippen LogP contribution < -0.4 is 10.1 Å². The average Bonchev–Trinajstić information content (AvgIpc) is 3.36. The summed E-state index contributed by atoms with van der Waals surface area (Å²) in [5, 5.41) is 2.85. The summed E-state index contributed by atoms with van der Waals surface area (Å²) in [6.45, 7) is 5.91. The minimum Gasteiger partial charge on any atom is -0.457 e. The van der Waals surface area contributed by atoms with Gasteiger partial charge in [0.15, 0.2) is 5.69 Å². The topological polar surface area (TPSA) is 80.5 Å². The first-order valence-electron chi connectivity index (χ1n) is 11.8. The van der Waals surface area contributed by atoms with Crippen molar-refractivity contribution < 1.29 is 13.9 Å². The number of para-hydroxylation sites is 1. The van der Waals surface area contributed by atoms with Crippen LogP contribution in [0.2, 0.25) is 0 Å². The van der Waals surface area contributed by atoms with Crippen molar-refractivity contribution >= 4 is 5.91 Å². The molecule has 35 heavy (non-hydrogen) atoms. The zero-order valence-corrected chi connectivity index (χ0v) is 20.1. The SMILES string of the molecule is CCC(C)N(Cc1cccc(Oc2ccccc2)c1)Cc1nc(C(=O)NCc2cccnc2)co1. The minimum absolute atomic E-state index is 0.270. The van der Waals surface area contributed by atoms with E-state index >= 15 is 0 Å². The number of ether oxygens (including phenoxy) is 1. The molecule has 0 bridgehead atoms. The maximum absolute atomic E-state index is 12.5. The molecule has 0 saturated heterocycles. The van der Waals surface area contributed by atoms with Crippen molar-refractivity contribution in [2.75, 3.05) is 0 Å². The van der Waals surface area contributed by atoms with Gasteiger partial charge in [0.2, 0.25) is 5.89 Å². The lowest BCUT2D eigenvalue weighted by molar-refractivity contribution is 0.0945. The Labute approximate surface area is 205 Å². The Hall–Kier alpha value is -3.97. The van der Waals surface area contributed by atoms with Crippen molar-refractivity contribution in [1.29, 1.82) is 0 Å². The maximum atomic E-state index is 12.5. The fourth-order valence-corrected chi connectivity index (χ4v) is 3.63. The number of rotatable bonds is 11. The number of amides is 1. The molecule has 1 atom stereocenters. The molecule has 2 heterocycles. The summed E-state index contributed by atoms with van der Waals surface area (Å²) >= 11 is 0. The third-order valence-corrected chi connectivity index (χ3v) is 5.78. The van der Waals surface area contributed by atoms with Gasteiger partial charge in [-0.3, -0.25) is 14.7 Å². The standard InChI is InChI=1S/C28H30N4O3/c1-3-21(2)32(18-22-9-7-13-25(15-22)35-24-11-5-4-6-12-24)19-27-31-26(20-34-27)28(33)30-17-23-10-8-14-29-16-23/h4-16,20-21H,3,17-19H2,1-2H3,(H,30,33). The molecule has 0 radical (unpaired) electrons. The molecule has 0 fully saturated rings. The Morgan fingerprint density at radius 1 is 1.03 bits per heavy atom. The number of hydrogen-bond donors (Lipinski definition) is 1. The van der Waals surface area contributed by atoms with Gasteiger partial charge in [0.05, 0.1) is 6.54 Å². The Kier molecular flexibility index (Phi) is 8.25. The van der Waals surface area contributed by atoms with E-state index in [4.69, 9.17) is 9.15 Å². The van der Waals surface area contributed by atoms with Crippen molar-refractivity contribution in [3.63, 3.8) is 0 Å². The zero-order chi connectivity index (χ0) is 24.5. The van der Waals surface area contributed by atoms with E-state index in [0.29, 0.717) is 31.6 Å². The highest BCUT2D eigenvalue weighted by Crippen LogP contribution is 2.23. The third-order valence-electron chi connectivity index (χ3n) is 5.78. The van der Waals surface area contributed by atoms with E-state index in [1.807, 2.05) is 54.6 Å². The molecule has 2 aromatic heterocycles. The molecule has 0 spiro atoms. The molecule has 4 aromatic rings. The molecule has 4 rings (SSSR count). The molecule has 1 unspecified atom stereocenters. The van der Waals surface area contributed by atoms with Crippen molar-refractivity contribution in [2.45, 2.75) is 45.9 Å². The number of carbonyl (C=O) groups excluding carboxylic acids is 1. The van der Waals surface area contributed by atoms with Crippen molar-refractivity contribution in [1.82, 2.24) is 20.2 Å². The number of nitrogens with one attached hydrogen (secondary N) is 1. The van der Waals surface area contributed by atoms with Crippen LogP contribution >= 0.6 is 0 Å². The number of oxazole rings is 1. The van der Waals surface area contributed by atoms with E-state index < -0.39 is 0 Å². The van der Waals surface area contributed by atoms with Gasteiger partial charge in [-0.05, 0) is 54.8 Å². The quantitative estimate of drug-likeness (QED) is 0.308. The summed E-state index contributed by atoms with van der Waals surface area (Å²) in [7, 11) is 0. The molecule has 0 saturated carbocycles. The third kappa shape index (κ3) is 7.01. The van der Waals surface area contributed by atoms with Crippen molar-refractivity contribution in [2.24, 2.45) is 0 Å². The van der Waals surface area contributed by atoms with Crippen LogP contribution in [0.4, 0.5) is 0 Å². The molecule has 0 aliphatic heterocycles. The van der Waals surface area contributed by atoms with E-state index in [0.717, 1.165) is 29.0 Å². The van der Waals surface area contributed by atoms with Crippen LogP contribution in [0, 0.1) is 0 Å². The molecule has 7 nitrogen and oxygen atoms in total. The number of nitrogens with zero attached hydrogens (tertiary/aromatic N) is 3. The lowest BCUT2D eigenvalue weighted by atomic mass is 10.1. The molecule has 2 aromatic carbocycles. The van der Waals surface area contributed by atoms with Crippen LogP contribution in [0.1, 0.15) is 47.8 Å². The van der Waals surface area contributed by atoms with Gasteiger partial charge in [0.1, 0.15) is 17.8 Å². The Bertz CT molecular complexity index is 1210. The Morgan fingerprint density at radius 2 is 1.83 bits per heavy atom. The summed E-state index contributed by atoms with van der Waals surface area (Å²) in [6.07, 6.45) is 5.81. The van der Waals surface area contributed by atoms with Gasteiger partial charge >= 0.3 is 0 Å². The minimum atomic E-state index is -0.273. The number of carbonyl (C=O) groups is 1. The first-order valence-corrected chi connectivity index (χ1v) is 11.8. The molecule has 1 amide bonds. The van der Waals surface area contributed by atoms with Crippen LogP contribution in [-0.4, -0.2) is 26.8 Å². The highest BCUT2D eigenvalue weighted by Gasteiger charge is 2.18. The maximum Gasteiger partial charge on any atom is 0.273 e. The van der Waals surface area contributed by atoms with Gasteiger partial charge in [-0.15, -0.1) is 0 Å². The van der Waals surface area contributed by atoms with E-state index in [9.17, 15) is 4.79 Å². The smallest absolute Gasteiger partial charge is 0.273 e. The molecule has 7 heteroatoms. The van der Waals surface area contributed by atoms with Crippen LogP contribution in [-0.2, 0) is 19.6 Å². The monoisotopic (exact) mass is 470 g/mol. The molecule has 0 aliphatic rings. The van der Waals surface area contributed by atoms with Gasteiger partial charge < -0.3 is 14.5 Å². The van der Waals surface area contributed by atoms with Crippen LogP contribution in [0.5, 0.6) is 11.5 Å². The number of hydrogen-bond acceptors (Lipinski definition) is 6. The Balaban J connectivity index is 1.39. The van der Waals surface area contributed by atoms with Crippen LogP contribution in [0.25, 0.3) is 0 Å². The van der Waals surface area contributed by atoms with E-state index in [-0.39, 0.29) is 11.6 Å². The Morgan fingerprint density at radius 3 is 2.60 bits per heavy atom. The number of pyridine rings is 1. The molecular weight excluding hydrogens is 440 g/mol. The van der Waals surface area contributed by atoms with Gasteiger partial charge in [-0.2, -0.15) is 0 Å². The van der Waals surface area contributed by atoms with Gasteiger partial charge in [0.25, 0.3) is 5.91 Å². The van der Waals surface area contributed by atoms with Crippen LogP contribution in [0.15, 0.2) is 89.8 Å². The predicted molar refractivity (Wildman–Crippen MR) is 134 cm³/mol. The predicted octanol–water partition coefficient (Wildman–Crippen LogP) is 5.59. The highest BCUT2D eigenvalue weighted by molar-refractivity contribution is 5.91. The molecule has 0 aliphatic carbocycles. The summed E-state index contributed by atoms with van der Waals surface area (Å²) in [5.41, 5.74) is 2.32. The second-order valence-electron chi connectivity index (χ2n) is 8.40. The summed E-state index contributed by atoms with van der Waals surface area (Å²) in [4.78, 5) is 23.3. The molecule has 1 N–H and O–H groups in total. The second kappa shape index (κ2) is 11.9. The van der Waals surface area contributed by atoms with E-state index in [2.05, 4.69) is 46.2 Å². The second-order valence-corrected chi connectivity index (χ2v) is 8.40. The number of benzene rings is 2. The lowest BCUT2D eigenvalue weighted by Gasteiger charge is -2.27. The van der Waals surface area contributed by atoms with Crippen molar-refractivity contribution in [3.8, 4) is 11.5 Å². The fraction of sp³-hybridized carbons (Fsp3) is 0.250. The van der Waals surface area contributed by atoms with Crippen molar-refractivity contribution in [3.05, 3.63) is 108 Å². The number of aromatic nitrogens is 2. The summed E-state index contributed by atoms with van der Waals surface area (Å²) < 4.78 is 11.6. The molecule has 180 valence electrons. The van der Waals surface area contributed by atoms with Gasteiger partial charge in [-0.1, -0.05) is 43.3 Å². The summed E-state index contributed by atoms with van der Waals surface area (Å²) in [6, 6.07) is 21.9. The van der Waals surface area contributed by atoms with E-state index in [1.54, 1.807) is 12.4 Å². The fourth-order valence-electron chi connectivity index (χ4n) is 3.63. The van der Waals surface area contributed by atoms with E-state index in [1.165, 1.54) is 6.26 Å². The first-order chi connectivity index (χ1) is 17.1. The molecular formula is C28H30N4O3. The first kappa shape index (κ1) is 24.2. The summed E-state index contributed by atoms with van der Waals surface area (Å²) in [5.74, 6) is 1.83. The average molecular weight is 471 g/mol. The zero-order valence-electron chi connectivity index (χ0n) is 20.1. The van der Waals surface area contributed by atoms with Gasteiger partial charge in [0, 0.05) is 31.5 Å².